The summed E-state index contributed by atoms with van der Waals surface area (Å²) in [5.74, 6) is 2.68. The Balaban J connectivity index is 1.31. The van der Waals surface area contributed by atoms with Crippen molar-refractivity contribution in [2.24, 2.45) is 11.8 Å². The van der Waals surface area contributed by atoms with Gasteiger partial charge in [-0.05, 0) is 70.8 Å². The average molecular weight is 351 g/mol. The molecule has 4 rings (SSSR count). The van der Waals surface area contributed by atoms with E-state index in [2.05, 4.69) is 58.0 Å². The third-order valence-corrected chi connectivity index (χ3v) is 6.11. The Hall–Kier alpha value is -1.78. The van der Waals surface area contributed by atoms with Crippen LogP contribution in [0.5, 0.6) is 0 Å². The molecule has 4 heteroatoms. The Morgan fingerprint density at radius 3 is 2.38 bits per heavy atom. The second-order valence-electron chi connectivity index (χ2n) is 8.21. The quantitative estimate of drug-likeness (QED) is 0.843. The first kappa shape index (κ1) is 17.6. The van der Waals surface area contributed by atoms with Gasteiger partial charge in [0.1, 0.15) is 0 Å². The third kappa shape index (κ3) is 4.13. The first-order valence-corrected chi connectivity index (χ1v) is 9.96. The predicted octanol–water partition coefficient (Wildman–Crippen LogP) is 3.62. The van der Waals surface area contributed by atoms with Crippen molar-refractivity contribution < 1.29 is 0 Å². The lowest BCUT2D eigenvalue weighted by atomic mass is 9.83. The molecule has 1 aromatic carbocycles. The first-order valence-electron chi connectivity index (χ1n) is 9.96. The number of aryl methyl sites for hydroxylation is 1. The van der Waals surface area contributed by atoms with Gasteiger partial charge in [-0.25, -0.2) is 9.97 Å². The maximum Gasteiger partial charge on any atom is 0.159 e. The minimum absolute atomic E-state index is 0.821. The van der Waals surface area contributed by atoms with E-state index in [1.807, 2.05) is 12.4 Å². The molecule has 0 aliphatic carbocycles. The Morgan fingerprint density at radius 1 is 1.00 bits per heavy atom. The molecule has 2 fully saturated rings. The molecule has 2 saturated heterocycles. The molecule has 2 aromatic rings. The normalized spacial score (nSPS) is 22.8. The van der Waals surface area contributed by atoms with Gasteiger partial charge in [0.05, 0.1) is 0 Å². The fourth-order valence-electron chi connectivity index (χ4n) is 4.56. The highest BCUT2D eigenvalue weighted by Crippen LogP contribution is 2.31. The highest BCUT2D eigenvalue weighted by molar-refractivity contribution is 5.55. The number of hydrogen-bond donors (Lipinski definition) is 0. The zero-order valence-electron chi connectivity index (χ0n) is 16.1. The molecule has 3 heterocycles. The molecule has 0 saturated carbocycles. The number of benzene rings is 1. The SMILES string of the molecule is Cc1cccc(-c2ncc(CN3CCC(C4CCN(C)C4)CC3)cn2)c1. The monoisotopic (exact) mass is 350 g/mol. The topological polar surface area (TPSA) is 32.3 Å². The summed E-state index contributed by atoms with van der Waals surface area (Å²) in [5, 5.41) is 0. The van der Waals surface area contributed by atoms with Gasteiger partial charge < -0.3 is 4.90 Å². The molecule has 2 aliphatic rings. The molecular weight excluding hydrogens is 320 g/mol. The maximum absolute atomic E-state index is 4.60. The first-order chi connectivity index (χ1) is 12.7. The number of hydrogen-bond acceptors (Lipinski definition) is 4. The van der Waals surface area contributed by atoms with Crippen molar-refractivity contribution in [3.05, 3.63) is 47.8 Å². The lowest BCUT2D eigenvalue weighted by molar-refractivity contribution is 0.143. The van der Waals surface area contributed by atoms with E-state index in [0.29, 0.717) is 0 Å². The van der Waals surface area contributed by atoms with Crippen molar-refractivity contribution in [2.75, 3.05) is 33.2 Å². The fraction of sp³-hybridized carbons (Fsp3) is 0.545. The van der Waals surface area contributed by atoms with Gasteiger partial charge in [-0.3, -0.25) is 4.90 Å². The van der Waals surface area contributed by atoms with Gasteiger partial charge >= 0.3 is 0 Å². The standard InChI is InChI=1S/C22H30N4/c1-17-4-3-5-20(12-17)22-23-13-18(14-24-22)15-26-10-7-19(8-11-26)21-6-9-25(2)16-21/h3-5,12-14,19,21H,6-11,15-16H2,1-2H3. The summed E-state index contributed by atoms with van der Waals surface area (Å²) < 4.78 is 0. The molecule has 1 aromatic heterocycles. The lowest BCUT2D eigenvalue weighted by Crippen LogP contribution is -2.36. The zero-order chi connectivity index (χ0) is 17.9. The summed E-state index contributed by atoms with van der Waals surface area (Å²) in [4.78, 5) is 14.3. The van der Waals surface area contributed by atoms with Gasteiger partial charge in [0.25, 0.3) is 0 Å². The Kier molecular flexibility index (Phi) is 5.32. The summed E-state index contributed by atoms with van der Waals surface area (Å²) in [7, 11) is 2.26. The molecule has 0 radical (unpaired) electrons. The van der Waals surface area contributed by atoms with Gasteiger partial charge in [0, 0.05) is 36.6 Å². The van der Waals surface area contributed by atoms with Crippen molar-refractivity contribution in [3.8, 4) is 11.4 Å². The van der Waals surface area contributed by atoms with E-state index in [1.54, 1.807) is 0 Å². The van der Waals surface area contributed by atoms with Crippen LogP contribution in [0.3, 0.4) is 0 Å². The average Bonchev–Trinajstić information content (AvgIpc) is 3.09. The van der Waals surface area contributed by atoms with Crippen molar-refractivity contribution in [2.45, 2.75) is 32.7 Å². The summed E-state index contributed by atoms with van der Waals surface area (Å²) in [6, 6.07) is 8.38. The maximum atomic E-state index is 4.60. The number of aromatic nitrogens is 2. The molecule has 1 unspecified atom stereocenters. The minimum Gasteiger partial charge on any atom is -0.306 e. The number of nitrogens with zero attached hydrogens (tertiary/aromatic N) is 4. The van der Waals surface area contributed by atoms with E-state index in [9.17, 15) is 0 Å². The van der Waals surface area contributed by atoms with Crippen LogP contribution in [0.4, 0.5) is 0 Å². The Labute approximate surface area is 157 Å². The molecule has 0 N–H and O–H groups in total. The smallest absolute Gasteiger partial charge is 0.159 e. The van der Waals surface area contributed by atoms with Crippen LogP contribution < -0.4 is 0 Å². The Morgan fingerprint density at radius 2 is 1.73 bits per heavy atom. The molecule has 0 bridgehead atoms. The van der Waals surface area contributed by atoms with Crippen molar-refractivity contribution in [1.29, 1.82) is 0 Å². The van der Waals surface area contributed by atoms with Gasteiger partial charge in [-0.1, -0.05) is 23.8 Å². The van der Waals surface area contributed by atoms with Crippen LogP contribution in [-0.2, 0) is 6.54 Å². The highest BCUT2D eigenvalue weighted by atomic mass is 15.1. The van der Waals surface area contributed by atoms with E-state index in [-0.39, 0.29) is 0 Å². The van der Waals surface area contributed by atoms with E-state index in [0.717, 1.165) is 29.8 Å². The van der Waals surface area contributed by atoms with Crippen LogP contribution in [0.2, 0.25) is 0 Å². The number of piperidine rings is 1. The molecule has 2 aliphatic heterocycles. The van der Waals surface area contributed by atoms with Crippen LogP contribution in [0.15, 0.2) is 36.7 Å². The molecule has 0 spiro atoms. The van der Waals surface area contributed by atoms with Crippen molar-refractivity contribution in [1.82, 2.24) is 19.8 Å². The second kappa shape index (κ2) is 7.85. The lowest BCUT2D eigenvalue weighted by Gasteiger charge is -2.34. The van der Waals surface area contributed by atoms with E-state index >= 15 is 0 Å². The van der Waals surface area contributed by atoms with Crippen LogP contribution >= 0.6 is 0 Å². The third-order valence-electron chi connectivity index (χ3n) is 6.11. The number of rotatable bonds is 4. The molecule has 1 atom stereocenters. The summed E-state index contributed by atoms with van der Waals surface area (Å²) in [6.07, 6.45) is 8.10. The Bertz CT molecular complexity index is 719. The predicted molar refractivity (Wildman–Crippen MR) is 106 cm³/mol. The van der Waals surface area contributed by atoms with Crippen LogP contribution in [0.1, 0.15) is 30.4 Å². The zero-order valence-corrected chi connectivity index (χ0v) is 16.1. The number of likely N-dealkylation sites (tertiary alicyclic amines) is 2. The second-order valence-corrected chi connectivity index (χ2v) is 8.21. The molecule has 26 heavy (non-hydrogen) atoms. The van der Waals surface area contributed by atoms with Gasteiger partial charge in [0.15, 0.2) is 5.82 Å². The van der Waals surface area contributed by atoms with Crippen LogP contribution in [0.25, 0.3) is 11.4 Å². The summed E-state index contributed by atoms with van der Waals surface area (Å²) in [6.45, 7) is 8.10. The van der Waals surface area contributed by atoms with Gasteiger partial charge in [-0.2, -0.15) is 0 Å². The largest absolute Gasteiger partial charge is 0.306 e. The van der Waals surface area contributed by atoms with Crippen LogP contribution in [0, 0.1) is 18.8 Å². The van der Waals surface area contributed by atoms with Crippen molar-refractivity contribution >= 4 is 0 Å². The fourth-order valence-corrected chi connectivity index (χ4v) is 4.56. The van der Waals surface area contributed by atoms with Crippen LogP contribution in [-0.4, -0.2) is 53.0 Å². The molecular formula is C22H30N4. The molecule has 4 nitrogen and oxygen atoms in total. The van der Waals surface area contributed by atoms with E-state index < -0.39 is 0 Å². The van der Waals surface area contributed by atoms with Gasteiger partial charge in [0.2, 0.25) is 0 Å². The van der Waals surface area contributed by atoms with E-state index in [4.69, 9.17) is 0 Å². The highest BCUT2D eigenvalue weighted by Gasteiger charge is 2.30. The molecule has 138 valence electrons. The summed E-state index contributed by atoms with van der Waals surface area (Å²) in [5.41, 5.74) is 3.56. The molecule has 0 amide bonds. The van der Waals surface area contributed by atoms with Gasteiger partial charge in [-0.15, -0.1) is 0 Å². The summed E-state index contributed by atoms with van der Waals surface area (Å²) >= 11 is 0. The van der Waals surface area contributed by atoms with E-state index in [1.165, 1.54) is 56.6 Å². The van der Waals surface area contributed by atoms with Crippen molar-refractivity contribution in [3.63, 3.8) is 0 Å². The minimum atomic E-state index is 0.821.